The number of nitriles is 1. The summed E-state index contributed by atoms with van der Waals surface area (Å²) in [7, 11) is 0. The maximum absolute atomic E-state index is 13.3. The van der Waals surface area contributed by atoms with E-state index in [0.29, 0.717) is 40.3 Å². The van der Waals surface area contributed by atoms with Gasteiger partial charge in [-0.1, -0.05) is 6.07 Å². The summed E-state index contributed by atoms with van der Waals surface area (Å²) >= 11 is 3.41. The Hall–Kier alpha value is -5.07. The fourth-order valence-electron chi connectivity index (χ4n) is 8.72. The molecular formula is C41H46BrN9O5. The number of hydrogen-bond donors (Lipinski definition) is 2. The number of amides is 4. The lowest BCUT2D eigenvalue weighted by Gasteiger charge is -2.39. The predicted octanol–water partition coefficient (Wildman–Crippen LogP) is 4.49. The van der Waals surface area contributed by atoms with Gasteiger partial charge in [-0.2, -0.15) is 5.26 Å². The minimum Gasteiger partial charge on any atom is -0.490 e. The van der Waals surface area contributed by atoms with Crippen molar-refractivity contribution in [3.63, 3.8) is 0 Å². The van der Waals surface area contributed by atoms with Gasteiger partial charge in [0.2, 0.25) is 17.7 Å². The third kappa shape index (κ3) is 8.36. The van der Waals surface area contributed by atoms with Gasteiger partial charge in [0.15, 0.2) is 11.6 Å². The molecule has 1 aliphatic carbocycles. The second-order valence-electron chi connectivity index (χ2n) is 15.6. The number of aromatic nitrogens is 2. The smallest absolute Gasteiger partial charge is 0.255 e. The van der Waals surface area contributed by atoms with Crippen LogP contribution < -0.4 is 25.2 Å². The number of carbonyl (C=O) groups is 4. The van der Waals surface area contributed by atoms with Crippen molar-refractivity contribution in [2.45, 2.75) is 70.1 Å². The number of ether oxygens (including phenoxy) is 1. The molecule has 8 rings (SSSR count). The highest BCUT2D eigenvalue weighted by molar-refractivity contribution is 9.10. The maximum atomic E-state index is 13.3. The quantitative estimate of drug-likeness (QED) is 0.293. The molecule has 0 bridgehead atoms. The molecule has 1 saturated carbocycles. The molecule has 292 valence electrons. The lowest BCUT2D eigenvalue weighted by atomic mass is 9.86. The molecule has 1 aromatic heterocycles. The van der Waals surface area contributed by atoms with Crippen LogP contribution in [0.4, 0.5) is 17.3 Å². The predicted molar refractivity (Wildman–Crippen MR) is 212 cm³/mol. The van der Waals surface area contributed by atoms with E-state index in [-0.39, 0.29) is 42.1 Å². The first-order valence-corrected chi connectivity index (χ1v) is 20.5. The van der Waals surface area contributed by atoms with Crippen LogP contribution in [0.15, 0.2) is 53.0 Å². The van der Waals surface area contributed by atoms with E-state index in [1.807, 2.05) is 36.4 Å². The number of nitrogens with one attached hydrogen (secondary N) is 2. The van der Waals surface area contributed by atoms with Gasteiger partial charge < -0.3 is 24.8 Å². The Balaban J connectivity index is 0.743. The van der Waals surface area contributed by atoms with Crippen LogP contribution in [0, 0.1) is 23.2 Å². The molecule has 14 nitrogen and oxygen atoms in total. The minimum absolute atomic E-state index is 0.0333. The van der Waals surface area contributed by atoms with Gasteiger partial charge in [-0.05, 0) is 115 Å². The van der Waals surface area contributed by atoms with Crippen molar-refractivity contribution in [3.8, 4) is 11.8 Å². The van der Waals surface area contributed by atoms with Gasteiger partial charge in [-0.25, -0.2) is 0 Å². The Labute approximate surface area is 334 Å². The van der Waals surface area contributed by atoms with E-state index in [4.69, 9.17) is 10.00 Å². The van der Waals surface area contributed by atoms with Crippen molar-refractivity contribution >= 4 is 56.9 Å². The van der Waals surface area contributed by atoms with Crippen molar-refractivity contribution in [3.05, 3.63) is 69.7 Å². The molecule has 56 heavy (non-hydrogen) atoms. The number of fused-ring (bicyclic) bond motifs is 1. The summed E-state index contributed by atoms with van der Waals surface area (Å²) in [5.41, 5.74) is 3.18. The molecule has 2 N–H and O–H groups in total. The van der Waals surface area contributed by atoms with Gasteiger partial charge >= 0.3 is 0 Å². The number of piperazine rings is 1. The summed E-state index contributed by atoms with van der Waals surface area (Å²) in [6.45, 7) is 6.96. The highest BCUT2D eigenvalue weighted by Gasteiger charge is 2.39. The third-order valence-corrected chi connectivity index (χ3v) is 12.7. The second-order valence-corrected chi connectivity index (χ2v) is 16.4. The average Bonchev–Trinajstić information content (AvgIpc) is 3.54. The molecule has 0 spiro atoms. The summed E-state index contributed by atoms with van der Waals surface area (Å²) in [5.74, 6) is 1.68. The molecule has 5 aliphatic rings. The summed E-state index contributed by atoms with van der Waals surface area (Å²) in [5, 5.41) is 23.3. The van der Waals surface area contributed by atoms with E-state index in [0.717, 1.165) is 107 Å². The minimum atomic E-state index is -0.602. The zero-order chi connectivity index (χ0) is 38.8. The average molecular weight is 825 g/mol. The molecule has 3 aromatic rings. The number of benzene rings is 2. The Bertz CT molecular complexity index is 2020. The van der Waals surface area contributed by atoms with Gasteiger partial charge in [0.1, 0.15) is 17.9 Å². The molecule has 4 fully saturated rings. The van der Waals surface area contributed by atoms with Crippen LogP contribution in [0.5, 0.6) is 5.75 Å². The van der Waals surface area contributed by atoms with Crippen LogP contribution in [0.2, 0.25) is 0 Å². The summed E-state index contributed by atoms with van der Waals surface area (Å²) in [6.07, 6.45) is 5.82. The summed E-state index contributed by atoms with van der Waals surface area (Å²) in [4.78, 5) is 59.2. The van der Waals surface area contributed by atoms with Gasteiger partial charge in [0.05, 0.1) is 11.7 Å². The van der Waals surface area contributed by atoms with Crippen LogP contribution in [0.3, 0.4) is 0 Å². The number of imide groups is 1. The Morgan fingerprint density at radius 1 is 0.893 bits per heavy atom. The van der Waals surface area contributed by atoms with E-state index < -0.39 is 6.04 Å². The SMILES string of the molecule is N#Cc1ccc(O[C@H]2CC[C@H](C(=O)Nc3ccc(N4CCC(CN5CCN(c6ccc7c(c6)C(=O)N(C6CCC(=O)NC6=O)C7)CC5)CC4)nn3)CC2)cc1Br. The fourth-order valence-corrected chi connectivity index (χ4v) is 9.17. The molecular weight excluding hydrogens is 778 g/mol. The van der Waals surface area contributed by atoms with Crippen LogP contribution in [0.1, 0.15) is 72.9 Å². The topological polar surface area (TPSA) is 164 Å². The number of hydrogen-bond acceptors (Lipinski definition) is 11. The van der Waals surface area contributed by atoms with Crippen molar-refractivity contribution in [1.29, 1.82) is 5.26 Å². The number of halogens is 1. The van der Waals surface area contributed by atoms with Gasteiger partial charge in [-0.3, -0.25) is 29.4 Å². The zero-order valence-electron chi connectivity index (χ0n) is 31.3. The van der Waals surface area contributed by atoms with Gasteiger partial charge in [0.25, 0.3) is 5.91 Å². The standard InChI is InChI=1S/C41H46BrN9O5/c42-34-22-32(8-4-28(34)23-43)56-31-6-2-27(3-7-31)39(53)44-36-10-11-37(47-46-36)50-15-13-26(14-16-50)24-48-17-19-49(20-18-48)30-5-1-29-25-51(41(55)33(29)21-30)35-9-12-38(52)45-40(35)54/h1,4-5,8,10-11,21-22,26-27,31,35H,2-3,6-7,9,12-20,24-25H2,(H,44,46,53)(H,45,52,54)/t27-,31-,35?. The van der Waals surface area contributed by atoms with Crippen LogP contribution in [-0.2, 0) is 20.9 Å². The normalized spacial score (nSPS) is 23.4. The van der Waals surface area contributed by atoms with Gasteiger partial charge in [0, 0.05) is 80.4 Å². The number of carbonyl (C=O) groups excluding carboxylic acids is 4. The monoisotopic (exact) mass is 823 g/mol. The van der Waals surface area contributed by atoms with Crippen molar-refractivity contribution in [1.82, 2.24) is 25.3 Å². The number of nitrogens with zero attached hydrogens (tertiary/aromatic N) is 7. The molecule has 1 atom stereocenters. The molecule has 15 heteroatoms. The first-order chi connectivity index (χ1) is 27.2. The van der Waals surface area contributed by atoms with Gasteiger partial charge in [-0.15, -0.1) is 10.2 Å². The van der Waals surface area contributed by atoms with Crippen LogP contribution in [-0.4, -0.2) is 102 Å². The van der Waals surface area contributed by atoms with Crippen molar-refractivity contribution in [2.24, 2.45) is 11.8 Å². The van der Waals surface area contributed by atoms with Crippen molar-refractivity contribution in [2.75, 3.05) is 60.9 Å². The maximum Gasteiger partial charge on any atom is 0.255 e. The molecule has 1 unspecified atom stereocenters. The third-order valence-electron chi connectivity index (χ3n) is 12.0. The second kappa shape index (κ2) is 16.6. The molecule has 4 aliphatic heterocycles. The Morgan fingerprint density at radius 3 is 2.38 bits per heavy atom. The van der Waals surface area contributed by atoms with Crippen LogP contribution >= 0.6 is 15.9 Å². The summed E-state index contributed by atoms with van der Waals surface area (Å²) in [6, 6.07) is 16.8. The highest BCUT2D eigenvalue weighted by Crippen LogP contribution is 2.33. The number of piperidine rings is 2. The number of rotatable bonds is 9. The van der Waals surface area contributed by atoms with Crippen molar-refractivity contribution < 1.29 is 23.9 Å². The molecule has 5 heterocycles. The largest absolute Gasteiger partial charge is 0.490 e. The molecule has 4 amide bonds. The van der Waals surface area contributed by atoms with E-state index in [1.165, 1.54) is 0 Å². The fraction of sp³-hybridized carbons (Fsp3) is 0.488. The molecule has 2 aromatic carbocycles. The number of anilines is 3. The zero-order valence-corrected chi connectivity index (χ0v) is 32.9. The first-order valence-electron chi connectivity index (χ1n) is 19.7. The summed E-state index contributed by atoms with van der Waals surface area (Å²) < 4.78 is 6.84. The molecule has 3 saturated heterocycles. The highest BCUT2D eigenvalue weighted by atomic mass is 79.9. The lowest BCUT2D eigenvalue weighted by molar-refractivity contribution is -0.137. The van der Waals surface area contributed by atoms with E-state index in [1.54, 1.807) is 11.0 Å². The van der Waals surface area contributed by atoms with E-state index in [2.05, 4.69) is 63.6 Å². The molecule has 0 radical (unpaired) electrons. The lowest BCUT2D eigenvalue weighted by Crippen LogP contribution is -2.52. The first kappa shape index (κ1) is 37.8. The van der Waals surface area contributed by atoms with E-state index >= 15 is 0 Å². The Kier molecular flexibility index (Phi) is 11.2. The van der Waals surface area contributed by atoms with E-state index in [9.17, 15) is 19.2 Å². The Morgan fingerprint density at radius 2 is 1.68 bits per heavy atom. The van der Waals surface area contributed by atoms with Crippen LogP contribution in [0.25, 0.3) is 0 Å².